The number of nitrogens with one attached hydrogen (secondary N) is 1. The fourth-order valence-electron chi connectivity index (χ4n) is 2.92. The number of carbonyl (C=O) groups is 1. The summed E-state index contributed by atoms with van der Waals surface area (Å²) in [4.78, 5) is 14.7. The Bertz CT molecular complexity index is 472. The van der Waals surface area contributed by atoms with Crippen LogP contribution in [0.1, 0.15) is 41.6 Å². The molecule has 0 saturated carbocycles. The van der Waals surface area contributed by atoms with Crippen molar-refractivity contribution in [3.63, 3.8) is 0 Å². The van der Waals surface area contributed by atoms with Crippen molar-refractivity contribution in [2.75, 3.05) is 25.5 Å². The number of rotatable bonds is 4. The van der Waals surface area contributed by atoms with Crippen LogP contribution in [-0.2, 0) is 0 Å². The predicted molar refractivity (Wildman–Crippen MR) is 81.1 cm³/mol. The second-order valence-electron chi connectivity index (χ2n) is 5.46. The zero-order valence-corrected chi connectivity index (χ0v) is 12.4. The minimum Gasteiger partial charge on any atom is -0.396 e. The Balaban J connectivity index is 2.24. The van der Waals surface area contributed by atoms with Crippen molar-refractivity contribution < 1.29 is 9.90 Å². The van der Waals surface area contributed by atoms with E-state index in [4.69, 9.17) is 0 Å². The highest BCUT2D eigenvalue weighted by Gasteiger charge is 2.28. The van der Waals surface area contributed by atoms with Crippen molar-refractivity contribution in [2.45, 2.75) is 38.6 Å². The molecule has 1 amide bonds. The van der Waals surface area contributed by atoms with Gasteiger partial charge in [0.05, 0.1) is 5.56 Å². The second-order valence-corrected chi connectivity index (χ2v) is 5.46. The van der Waals surface area contributed by atoms with Gasteiger partial charge >= 0.3 is 0 Å². The Labute approximate surface area is 120 Å². The highest BCUT2D eigenvalue weighted by Crippen LogP contribution is 2.25. The first-order chi connectivity index (χ1) is 9.67. The molecule has 1 aromatic carbocycles. The van der Waals surface area contributed by atoms with Gasteiger partial charge in [0.15, 0.2) is 0 Å². The molecule has 0 radical (unpaired) electrons. The lowest BCUT2D eigenvalue weighted by Crippen LogP contribution is -2.44. The SMILES string of the molecule is CNc1cc(C)ccc1C(=O)N1CCCCC1CCO. The van der Waals surface area contributed by atoms with E-state index in [-0.39, 0.29) is 18.6 Å². The van der Waals surface area contributed by atoms with Gasteiger partial charge in [-0.3, -0.25) is 4.79 Å². The third kappa shape index (κ3) is 3.12. The Morgan fingerprint density at radius 2 is 2.25 bits per heavy atom. The molecule has 20 heavy (non-hydrogen) atoms. The molecule has 0 bridgehead atoms. The van der Waals surface area contributed by atoms with Crippen LogP contribution < -0.4 is 5.32 Å². The Morgan fingerprint density at radius 1 is 1.45 bits per heavy atom. The van der Waals surface area contributed by atoms with Crippen LogP contribution in [0.15, 0.2) is 18.2 Å². The van der Waals surface area contributed by atoms with Gasteiger partial charge < -0.3 is 15.3 Å². The average molecular weight is 276 g/mol. The lowest BCUT2D eigenvalue weighted by atomic mass is 9.98. The van der Waals surface area contributed by atoms with Crippen LogP contribution in [0.3, 0.4) is 0 Å². The molecule has 0 aromatic heterocycles. The summed E-state index contributed by atoms with van der Waals surface area (Å²) in [6.45, 7) is 2.95. The van der Waals surface area contributed by atoms with Crippen molar-refractivity contribution in [1.82, 2.24) is 4.90 Å². The first-order valence-electron chi connectivity index (χ1n) is 7.37. The summed E-state index contributed by atoms with van der Waals surface area (Å²) in [5.74, 6) is 0.0764. The van der Waals surface area contributed by atoms with Crippen molar-refractivity contribution in [2.24, 2.45) is 0 Å². The number of aliphatic hydroxyl groups excluding tert-OH is 1. The normalized spacial score (nSPS) is 18.9. The molecule has 1 aliphatic heterocycles. The molecular weight excluding hydrogens is 252 g/mol. The molecule has 1 aromatic rings. The van der Waals surface area contributed by atoms with E-state index in [1.807, 2.05) is 37.1 Å². The molecule has 0 aliphatic carbocycles. The lowest BCUT2D eigenvalue weighted by Gasteiger charge is -2.36. The van der Waals surface area contributed by atoms with Crippen LogP contribution in [0, 0.1) is 6.92 Å². The Hall–Kier alpha value is -1.55. The fraction of sp³-hybridized carbons (Fsp3) is 0.562. The summed E-state index contributed by atoms with van der Waals surface area (Å²) in [7, 11) is 1.84. The van der Waals surface area contributed by atoms with Gasteiger partial charge in [-0.1, -0.05) is 6.07 Å². The number of nitrogens with zero attached hydrogens (tertiary/aromatic N) is 1. The van der Waals surface area contributed by atoms with E-state index in [1.165, 1.54) is 0 Å². The van der Waals surface area contributed by atoms with E-state index >= 15 is 0 Å². The van der Waals surface area contributed by atoms with E-state index in [0.717, 1.165) is 42.6 Å². The lowest BCUT2D eigenvalue weighted by molar-refractivity contribution is 0.0575. The molecule has 1 unspecified atom stereocenters. The fourth-order valence-corrected chi connectivity index (χ4v) is 2.92. The summed E-state index contributed by atoms with van der Waals surface area (Å²) < 4.78 is 0. The number of piperidine rings is 1. The molecule has 2 rings (SSSR count). The third-order valence-corrected chi connectivity index (χ3v) is 4.03. The molecule has 2 N–H and O–H groups in total. The van der Waals surface area contributed by atoms with Gasteiger partial charge in [0, 0.05) is 31.9 Å². The molecule has 0 spiro atoms. The highest BCUT2D eigenvalue weighted by molar-refractivity contribution is 6.00. The van der Waals surface area contributed by atoms with E-state index in [9.17, 15) is 9.90 Å². The van der Waals surface area contributed by atoms with E-state index in [0.29, 0.717) is 6.42 Å². The maximum atomic E-state index is 12.8. The number of aliphatic hydroxyl groups is 1. The molecule has 1 aliphatic rings. The number of anilines is 1. The van der Waals surface area contributed by atoms with E-state index in [2.05, 4.69) is 5.32 Å². The molecule has 1 atom stereocenters. The summed E-state index contributed by atoms with van der Waals surface area (Å²) in [6, 6.07) is 6.04. The minimum absolute atomic E-state index is 0.0764. The van der Waals surface area contributed by atoms with Crippen LogP contribution in [0.4, 0.5) is 5.69 Å². The molecular formula is C16H24N2O2. The van der Waals surface area contributed by atoms with E-state index < -0.39 is 0 Å². The summed E-state index contributed by atoms with van der Waals surface area (Å²) in [6.07, 6.45) is 3.86. The molecule has 4 heteroatoms. The number of hydrogen-bond acceptors (Lipinski definition) is 3. The monoisotopic (exact) mass is 276 g/mol. The van der Waals surface area contributed by atoms with Gasteiger partial charge in [0.2, 0.25) is 0 Å². The summed E-state index contributed by atoms with van der Waals surface area (Å²) in [5, 5.41) is 12.3. The van der Waals surface area contributed by atoms with Crippen molar-refractivity contribution in [3.8, 4) is 0 Å². The summed E-state index contributed by atoms with van der Waals surface area (Å²) in [5.41, 5.74) is 2.74. The first-order valence-corrected chi connectivity index (χ1v) is 7.37. The van der Waals surface area contributed by atoms with Crippen molar-refractivity contribution in [3.05, 3.63) is 29.3 Å². The Morgan fingerprint density at radius 3 is 2.95 bits per heavy atom. The van der Waals surface area contributed by atoms with Crippen LogP contribution in [0.2, 0.25) is 0 Å². The molecule has 4 nitrogen and oxygen atoms in total. The number of carbonyl (C=O) groups excluding carboxylic acids is 1. The highest BCUT2D eigenvalue weighted by atomic mass is 16.3. The average Bonchev–Trinajstić information content (AvgIpc) is 2.47. The quantitative estimate of drug-likeness (QED) is 0.888. The number of aryl methyl sites for hydroxylation is 1. The van der Waals surface area contributed by atoms with Gasteiger partial charge in [-0.25, -0.2) is 0 Å². The topological polar surface area (TPSA) is 52.6 Å². The zero-order chi connectivity index (χ0) is 14.5. The number of amides is 1. The standard InChI is InChI=1S/C16H24N2O2/c1-12-6-7-14(15(11-12)17-2)16(20)18-9-4-3-5-13(18)8-10-19/h6-7,11,13,17,19H,3-5,8-10H2,1-2H3. The second kappa shape index (κ2) is 6.75. The van der Waals surface area contributed by atoms with Crippen LogP contribution in [0.25, 0.3) is 0 Å². The molecule has 1 heterocycles. The number of hydrogen-bond donors (Lipinski definition) is 2. The summed E-state index contributed by atoms with van der Waals surface area (Å²) >= 11 is 0. The maximum absolute atomic E-state index is 12.8. The van der Waals surface area contributed by atoms with Crippen molar-refractivity contribution >= 4 is 11.6 Å². The molecule has 110 valence electrons. The van der Waals surface area contributed by atoms with Crippen LogP contribution in [0.5, 0.6) is 0 Å². The van der Waals surface area contributed by atoms with Crippen LogP contribution >= 0.6 is 0 Å². The van der Waals surface area contributed by atoms with Gasteiger partial charge in [0.25, 0.3) is 5.91 Å². The number of benzene rings is 1. The van der Waals surface area contributed by atoms with Gasteiger partial charge in [-0.2, -0.15) is 0 Å². The molecule has 1 fully saturated rings. The third-order valence-electron chi connectivity index (χ3n) is 4.03. The largest absolute Gasteiger partial charge is 0.396 e. The van der Waals surface area contributed by atoms with Crippen LogP contribution in [-0.4, -0.2) is 42.2 Å². The smallest absolute Gasteiger partial charge is 0.256 e. The van der Waals surface area contributed by atoms with Crippen molar-refractivity contribution in [1.29, 1.82) is 0 Å². The molecule has 1 saturated heterocycles. The minimum atomic E-state index is 0.0764. The predicted octanol–water partition coefficient (Wildman–Crippen LogP) is 2.41. The van der Waals surface area contributed by atoms with Gasteiger partial charge in [-0.05, 0) is 50.3 Å². The first kappa shape index (κ1) is 14.9. The Kier molecular flexibility index (Phi) is 5.01. The number of likely N-dealkylation sites (tertiary alicyclic amines) is 1. The van der Waals surface area contributed by atoms with E-state index in [1.54, 1.807) is 0 Å². The maximum Gasteiger partial charge on any atom is 0.256 e. The van der Waals surface area contributed by atoms with Gasteiger partial charge in [0.1, 0.15) is 0 Å². The van der Waals surface area contributed by atoms with Gasteiger partial charge in [-0.15, -0.1) is 0 Å². The zero-order valence-electron chi connectivity index (χ0n) is 12.4.